The summed E-state index contributed by atoms with van der Waals surface area (Å²) in [5, 5.41) is 0. The largest absolute Gasteiger partial charge is 0.0985 e. The van der Waals surface area contributed by atoms with Crippen molar-refractivity contribution in [1.82, 2.24) is 0 Å². The summed E-state index contributed by atoms with van der Waals surface area (Å²) in [5.74, 6) is 0. The van der Waals surface area contributed by atoms with Gasteiger partial charge in [-0.3, -0.25) is 0 Å². The lowest BCUT2D eigenvalue weighted by Crippen LogP contribution is -1.63. The molecule has 2 aromatic rings. The summed E-state index contributed by atoms with van der Waals surface area (Å²) in [5.41, 5.74) is 2.35. The smallest absolute Gasteiger partial charge is 0.0263 e. The fraction of sp³-hybridized carbons (Fsp3) is 0.200. The normalized spacial score (nSPS) is 8.30. The third-order valence-corrected chi connectivity index (χ3v) is 2.57. The van der Waals surface area contributed by atoms with Gasteiger partial charge in [-0.15, -0.1) is 0 Å². The fourth-order valence-electron chi connectivity index (χ4n) is 1.18. The third kappa shape index (κ3) is 9.90. The van der Waals surface area contributed by atoms with Gasteiger partial charge >= 0.3 is 0 Å². The predicted molar refractivity (Wildman–Crippen MR) is 93.6 cm³/mol. The van der Waals surface area contributed by atoms with Crippen molar-refractivity contribution in [2.75, 3.05) is 0 Å². The van der Waals surface area contributed by atoms with Gasteiger partial charge in [0.05, 0.1) is 0 Å². The molecule has 0 aliphatic rings. The van der Waals surface area contributed by atoms with Gasteiger partial charge in [-0.25, -0.2) is 0 Å². The zero-order chi connectivity index (χ0) is 15.1. The zero-order valence-electron chi connectivity index (χ0n) is 12.8. The molecule has 0 heterocycles. The molecule has 0 aliphatic heterocycles. The highest BCUT2D eigenvalue weighted by Gasteiger charge is 1.76. The summed E-state index contributed by atoms with van der Waals surface area (Å²) >= 11 is 0. The molecule has 0 heteroatoms. The predicted octanol–water partition coefficient (Wildman–Crippen LogP) is 6.47. The van der Waals surface area contributed by atoms with E-state index in [1.165, 1.54) is 24.0 Å². The van der Waals surface area contributed by atoms with Gasteiger partial charge in [0.1, 0.15) is 0 Å². The molecule has 0 saturated heterocycles. The highest BCUT2D eigenvalue weighted by molar-refractivity contribution is 5.46. The van der Waals surface area contributed by atoms with Crippen molar-refractivity contribution >= 4 is 12.2 Å². The molecule has 2 aromatic carbocycles. The van der Waals surface area contributed by atoms with Gasteiger partial charge in [0.2, 0.25) is 0 Å². The molecule has 0 amide bonds. The average Bonchev–Trinajstić information content (AvgIpc) is 2.57. The molecule has 2 rings (SSSR count). The number of hydrogen-bond acceptors (Lipinski definition) is 0. The Balaban J connectivity index is 0.000000289. The maximum Gasteiger partial charge on any atom is -0.0263 e. The van der Waals surface area contributed by atoms with E-state index in [-0.39, 0.29) is 0 Å². The highest BCUT2D eigenvalue weighted by atomic mass is 13.8. The molecule has 20 heavy (non-hydrogen) atoms. The van der Waals surface area contributed by atoms with Crippen molar-refractivity contribution in [2.45, 2.75) is 26.7 Å². The standard InChI is InChI=1S/2C8H8.C4H10/c2*1-2-8-6-4-3-5-7-8;1-3-4-2/h2*2-7H,1H2;3-4H2,1-2H3. The Labute approximate surface area is 124 Å². The van der Waals surface area contributed by atoms with Crippen LogP contribution in [0.2, 0.25) is 0 Å². The Morgan fingerprint density at radius 2 is 0.950 bits per heavy atom. The van der Waals surface area contributed by atoms with E-state index in [2.05, 4.69) is 27.0 Å². The molecule has 106 valence electrons. The molecule has 0 spiro atoms. The van der Waals surface area contributed by atoms with Crippen LogP contribution in [0.15, 0.2) is 73.8 Å². The highest BCUT2D eigenvalue weighted by Crippen LogP contribution is 1.98. The first-order valence-corrected chi connectivity index (χ1v) is 7.13. The van der Waals surface area contributed by atoms with Crippen molar-refractivity contribution in [3.8, 4) is 0 Å². The molecule has 0 unspecified atom stereocenters. The molecule has 0 N–H and O–H groups in total. The summed E-state index contributed by atoms with van der Waals surface area (Å²) in [4.78, 5) is 0. The van der Waals surface area contributed by atoms with Crippen LogP contribution in [0.5, 0.6) is 0 Å². The van der Waals surface area contributed by atoms with E-state index in [4.69, 9.17) is 0 Å². The van der Waals surface area contributed by atoms with Crippen molar-refractivity contribution in [3.05, 3.63) is 84.9 Å². The number of unbranched alkanes of at least 4 members (excludes halogenated alkanes) is 1. The quantitative estimate of drug-likeness (QED) is 0.597. The van der Waals surface area contributed by atoms with Crippen molar-refractivity contribution in [1.29, 1.82) is 0 Å². The Bertz CT molecular complexity index is 394. The van der Waals surface area contributed by atoms with Gasteiger partial charge in [-0.1, -0.05) is 113 Å². The van der Waals surface area contributed by atoms with Crippen LogP contribution in [0.25, 0.3) is 12.2 Å². The molecular formula is C20H26. The van der Waals surface area contributed by atoms with E-state index in [9.17, 15) is 0 Å². The van der Waals surface area contributed by atoms with Crippen LogP contribution < -0.4 is 0 Å². The molecule has 0 nitrogen and oxygen atoms in total. The maximum atomic E-state index is 3.63. The van der Waals surface area contributed by atoms with Crippen LogP contribution >= 0.6 is 0 Å². The molecule has 0 atom stereocenters. The molecule has 0 aliphatic carbocycles. The lowest BCUT2D eigenvalue weighted by atomic mass is 10.2. The van der Waals surface area contributed by atoms with Crippen molar-refractivity contribution < 1.29 is 0 Å². The summed E-state index contributed by atoms with van der Waals surface area (Å²) in [6.07, 6.45) is 6.31. The number of rotatable bonds is 3. The second kappa shape index (κ2) is 13.4. The third-order valence-electron chi connectivity index (χ3n) is 2.57. The Kier molecular flexibility index (Phi) is 12.0. The molecule has 0 saturated carbocycles. The van der Waals surface area contributed by atoms with E-state index < -0.39 is 0 Å². The summed E-state index contributed by atoms with van der Waals surface area (Å²) < 4.78 is 0. The van der Waals surface area contributed by atoms with E-state index in [0.29, 0.717) is 0 Å². The van der Waals surface area contributed by atoms with Gasteiger partial charge in [0.15, 0.2) is 0 Å². The van der Waals surface area contributed by atoms with E-state index in [1.54, 1.807) is 0 Å². The Morgan fingerprint density at radius 1 is 0.650 bits per heavy atom. The summed E-state index contributed by atoms with van der Waals surface area (Å²) in [7, 11) is 0. The second-order valence-corrected chi connectivity index (χ2v) is 4.23. The minimum Gasteiger partial charge on any atom is -0.0985 e. The van der Waals surface area contributed by atoms with Gasteiger partial charge in [0.25, 0.3) is 0 Å². The first-order valence-electron chi connectivity index (χ1n) is 7.13. The molecule has 0 aromatic heterocycles. The lowest BCUT2D eigenvalue weighted by molar-refractivity contribution is 0.886. The summed E-state index contributed by atoms with van der Waals surface area (Å²) in [6, 6.07) is 20.1. The number of benzene rings is 2. The number of hydrogen-bond donors (Lipinski definition) is 0. The van der Waals surface area contributed by atoms with E-state index >= 15 is 0 Å². The van der Waals surface area contributed by atoms with Crippen LogP contribution in [-0.2, 0) is 0 Å². The first kappa shape index (κ1) is 17.9. The lowest BCUT2D eigenvalue weighted by Gasteiger charge is -1.85. The van der Waals surface area contributed by atoms with E-state index in [1.807, 2.05) is 72.8 Å². The van der Waals surface area contributed by atoms with Gasteiger partial charge in [-0.05, 0) is 11.1 Å². The topological polar surface area (TPSA) is 0 Å². The van der Waals surface area contributed by atoms with Gasteiger partial charge in [0, 0.05) is 0 Å². The zero-order valence-corrected chi connectivity index (χ0v) is 12.8. The van der Waals surface area contributed by atoms with Crippen LogP contribution in [-0.4, -0.2) is 0 Å². The minimum atomic E-state index is 1.17. The Hall–Kier alpha value is -2.08. The van der Waals surface area contributed by atoms with Crippen molar-refractivity contribution in [3.63, 3.8) is 0 Å². The minimum absolute atomic E-state index is 1.17. The van der Waals surface area contributed by atoms with Crippen LogP contribution in [0, 0.1) is 0 Å². The first-order chi connectivity index (χ1) is 9.78. The average molecular weight is 266 g/mol. The molecule has 0 radical (unpaired) electrons. The molecule has 0 bridgehead atoms. The summed E-state index contributed by atoms with van der Waals surface area (Å²) in [6.45, 7) is 11.6. The SMILES string of the molecule is C=Cc1ccccc1.C=Cc1ccccc1.CCCC. The van der Waals surface area contributed by atoms with Gasteiger partial charge < -0.3 is 0 Å². The second-order valence-electron chi connectivity index (χ2n) is 4.23. The maximum absolute atomic E-state index is 3.63. The molecular weight excluding hydrogens is 240 g/mol. The van der Waals surface area contributed by atoms with Crippen LogP contribution in [0.1, 0.15) is 37.8 Å². The van der Waals surface area contributed by atoms with E-state index in [0.717, 1.165) is 0 Å². The van der Waals surface area contributed by atoms with Crippen LogP contribution in [0.4, 0.5) is 0 Å². The molecule has 0 fully saturated rings. The van der Waals surface area contributed by atoms with Crippen LogP contribution in [0.3, 0.4) is 0 Å². The van der Waals surface area contributed by atoms with Gasteiger partial charge in [-0.2, -0.15) is 0 Å². The fourth-order valence-corrected chi connectivity index (χ4v) is 1.18. The monoisotopic (exact) mass is 266 g/mol. The van der Waals surface area contributed by atoms with Crippen molar-refractivity contribution in [2.24, 2.45) is 0 Å². The Morgan fingerprint density at radius 3 is 1.10 bits per heavy atom.